The molecule has 0 aliphatic heterocycles. The first-order valence-corrected chi connectivity index (χ1v) is 12.1. The third kappa shape index (κ3) is 3.25. The molecule has 8 atom stereocenters. The number of unbranched alkanes of at least 4 members (excludes halogenated alkanes) is 1. The molecule has 4 aliphatic carbocycles. The Morgan fingerprint density at radius 2 is 1.58 bits per heavy atom. The molecule has 4 fully saturated rings. The van der Waals surface area contributed by atoms with Gasteiger partial charge in [-0.05, 0) is 99.2 Å². The van der Waals surface area contributed by atoms with E-state index in [1.54, 1.807) is 6.42 Å². The van der Waals surface area contributed by atoms with Crippen molar-refractivity contribution in [2.75, 3.05) is 0 Å². The summed E-state index contributed by atoms with van der Waals surface area (Å²) in [4.78, 5) is 0. The van der Waals surface area contributed by atoms with Gasteiger partial charge in [0.05, 0.1) is 11.5 Å². The Hall–Kier alpha value is -0.510. The summed E-state index contributed by atoms with van der Waals surface area (Å²) in [6.45, 7) is 4.71. The van der Waals surface area contributed by atoms with E-state index < -0.39 is 0 Å². The lowest BCUT2D eigenvalue weighted by molar-refractivity contribution is -0.0711. The Morgan fingerprint density at radius 3 is 2.35 bits per heavy atom. The first-order chi connectivity index (χ1) is 12.7. The SMILES string of the molecule is CCCCC1(C#N)CCC2C(CCC3C4CCCC(CC)C4CCC23)C1. The molecule has 1 heteroatoms. The fraction of sp³-hybridized carbons (Fsp3) is 0.960. The van der Waals surface area contributed by atoms with Gasteiger partial charge in [-0.15, -0.1) is 0 Å². The lowest BCUT2D eigenvalue weighted by Crippen LogP contribution is -2.49. The molecule has 4 aliphatic rings. The molecule has 0 aromatic carbocycles. The van der Waals surface area contributed by atoms with Gasteiger partial charge < -0.3 is 0 Å². The molecule has 0 heterocycles. The Bertz CT molecular complexity index is 519. The molecule has 0 amide bonds. The zero-order valence-corrected chi connectivity index (χ0v) is 17.4. The van der Waals surface area contributed by atoms with Crippen molar-refractivity contribution in [1.82, 2.24) is 0 Å². The Labute approximate surface area is 162 Å². The summed E-state index contributed by atoms with van der Waals surface area (Å²) in [6.07, 6.45) is 19.5. The second-order valence-corrected chi connectivity index (χ2v) is 10.6. The van der Waals surface area contributed by atoms with Gasteiger partial charge in [-0.2, -0.15) is 5.26 Å². The van der Waals surface area contributed by atoms with E-state index in [-0.39, 0.29) is 5.41 Å². The summed E-state index contributed by atoms with van der Waals surface area (Å²) in [5.41, 5.74) is 0.0410. The molecule has 4 saturated carbocycles. The van der Waals surface area contributed by atoms with Crippen LogP contribution in [0.2, 0.25) is 0 Å². The monoisotopic (exact) mass is 355 g/mol. The summed E-state index contributed by atoms with van der Waals surface area (Å²) < 4.78 is 0. The molecule has 26 heavy (non-hydrogen) atoms. The van der Waals surface area contributed by atoms with E-state index >= 15 is 0 Å². The van der Waals surface area contributed by atoms with Gasteiger partial charge in [0.1, 0.15) is 0 Å². The van der Waals surface area contributed by atoms with Crippen LogP contribution in [0.25, 0.3) is 0 Å². The van der Waals surface area contributed by atoms with Crippen molar-refractivity contribution in [3.63, 3.8) is 0 Å². The predicted octanol–water partition coefficient (Wildman–Crippen LogP) is 7.37. The smallest absolute Gasteiger partial charge is 0.0689 e. The second kappa shape index (κ2) is 7.85. The highest BCUT2D eigenvalue weighted by Gasteiger charge is 2.52. The maximum Gasteiger partial charge on any atom is 0.0689 e. The number of nitriles is 1. The normalized spacial score (nSPS) is 48.0. The fourth-order valence-electron chi connectivity index (χ4n) is 8.38. The van der Waals surface area contributed by atoms with Crippen LogP contribution in [0.5, 0.6) is 0 Å². The zero-order chi connectivity index (χ0) is 18.1. The van der Waals surface area contributed by atoms with Gasteiger partial charge in [-0.3, -0.25) is 0 Å². The van der Waals surface area contributed by atoms with E-state index in [9.17, 15) is 5.26 Å². The predicted molar refractivity (Wildman–Crippen MR) is 108 cm³/mol. The van der Waals surface area contributed by atoms with Gasteiger partial charge in [0.15, 0.2) is 0 Å². The van der Waals surface area contributed by atoms with E-state index in [4.69, 9.17) is 0 Å². The third-order valence-corrected chi connectivity index (χ3v) is 9.61. The number of hydrogen-bond acceptors (Lipinski definition) is 1. The molecule has 4 rings (SSSR count). The Morgan fingerprint density at radius 1 is 0.846 bits per heavy atom. The molecular formula is C25H41N. The fourth-order valence-corrected chi connectivity index (χ4v) is 8.38. The van der Waals surface area contributed by atoms with E-state index in [0.29, 0.717) is 0 Å². The first kappa shape index (κ1) is 18.8. The van der Waals surface area contributed by atoms with Crippen molar-refractivity contribution in [1.29, 1.82) is 5.26 Å². The molecule has 0 bridgehead atoms. The van der Waals surface area contributed by atoms with Crippen LogP contribution in [-0.4, -0.2) is 0 Å². The molecular weight excluding hydrogens is 314 g/mol. The summed E-state index contributed by atoms with van der Waals surface area (Å²) in [7, 11) is 0. The number of nitrogens with zero attached hydrogens (tertiary/aromatic N) is 1. The van der Waals surface area contributed by atoms with E-state index in [1.807, 2.05) is 0 Å². The quantitative estimate of drug-likeness (QED) is 0.516. The van der Waals surface area contributed by atoms with Crippen molar-refractivity contribution in [2.45, 2.75) is 104 Å². The number of hydrogen-bond donors (Lipinski definition) is 0. The molecule has 0 N–H and O–H groups in total. The molecule has 0 saturated heterocycles. The van der Waals surface area contributed by atoms with Crippen LogP contribution >= 0.6 is 0 Å². The maximum absolute atomic E-state index is 9.95. The van der Waals surface area contributed by atoms with Crippen LogP contribution in [0.4, 0.5) is 0 Å². The van der Waals surface area contributed by atoms with Gasteiger partial charge in [0.25, 0.3) is 0 Å². The molecule has 0 aromatic heterocycles. The minimum Gasteiger partial charge on any atom is -0.198 e. The maximum atomic E-state index is 9.95. The summed E-state index contributed by atoms with van der Waals surface area (Å²) in [6, 6.07) is 2.82. The minimum atomic E-state index is 0.0410. The average molecular weight is 356 g/mol. The van der Waals surface area contributed by atoms with Crippen LogP contribution in [0.15, 0.2) is 0 Å². The zero-order valence-electron chi connectivity index (χ0n) is 17.4. The molecule has 0 spiro atoms. The second-order valence-electron chi connectivity index (χ2n) is 10.6. The van der Waals surface area contributed by atoms with Crippen LogP contribution in [0.3, 0.4) is 0 Å². The molecule has 146 valence electrons. The Balaban J connectivity index is 1.46. The lowest BCUT2D eigenvalue weighted by atomic mass is 9.48. The van der Waals surface area contributed by atoms with E-state index in [0.717, 1.165) is 41.4 Å². The van der Waals surface area contributed by atoms with E-state index in [1.165, 1.54) is 83.5 Å². The van der Waals surface area contributed by atoms with Crippen LogP contribution in [0, 0.1) is 58.2 Å². The largest absolute Gasteiger partial charge is 0.198 e. The minimum absolute atomic E-state index is 0.0410. The highest BCUT2D eigenvalue weighted by molar-refractivity contribution is 5.07. The van der Waals surface area contributed by atoms with Gasteiger partial charge in [0.2, 0.25) is 0 Å². The number of fused-ring (bicyclic) bond motifs is 5. The molecule has 1 nitrogen and oxygen atoms in total. The van der Waals surface area contributed by atoms with Crippen molar-refractivity contribution in [3.05, 3.63) is 0 Å². The molecule has 0 aromatic rings. The van der Waals surface area contributed by atoms with Gasteiger partial charge in [0, 0.05) is 0 Å². The van der Waals surface area contributed by atoms with E-state index in [2.05, 4.69) is 19.9 Å². The number of rotatable bonds is 4. The highest BCUT2D eigenvalue weighted by atomic mass is 14.6. The van der Waals surface area contributed by atoms with Crippen molar-refractivity contribution in [3.8, 4) is 6.07 Å². The Kier molecular flexibility index (Phi) is 5.69. The molecule has 0 radical (unpaired) electrons. The van der Waals surface area contributed by atoms with Crippen LogP contribution in [-0.2, 0) is 0 Å². The van der Waals surface area contributed by atoms with Gasteiger partial charge in [-0.1, -0.05) is 46.0 Å². The topological polar surface area (TPSA) is 23.8 Å². The van der Waals surface area contributed by atoms with Gasteiger partial charge in [-0.25, -0.2) is 0 Å². The standard InChI is InChI=1S/C25H41N/c1-3-5-14-25(17-26)15-13-21-19(16-25)9-10-24-22-8-6-7-18(4-2)20(22)11-12-23(21)24/h18-24H,3-16H2,1-2H3. The van der Waals surface area contributed by atoms with Gasteiger partial charge >= 0.3 is 0 Å². The highest BCUT2D eigenvalue weighted by Crippen LogP contribution is 2.60. The van der Waals surface area contributed by atoms with Crippen molar-refractivity contribution in [2.24, 2.45) is 46.8 Å². The van der Waals surface area contributed by atoms with Crippen LogP contribution < -0.4 is 0 Å². The summed E-state index contributed by atoms with van der Waals surface area (Å²) in [5.74, 6) is 7.10. The molecule has 8 unspecified atom stereocenters. The average Bonchev–Trinajstić information content (AvgIpc) is 2.70. The first-order valence-electron chi connectivity index (χ1n) is 12.1. The summed E-state index contributed by atoms with van der Waals surface area (Å²) in [5, 5.41) is 9.95. The lowest BCUT2D eigenvalue weighted by Gasteiger charge is -2.57. The summed E-state index contributed by atoms with van der Waals surface area (Å²) >= 11 is 0. The third-order valence-electron chi connectivity index (χ3n) is 9.61. The van der Waals surface area contributed by atoms with Crippen LogP contribution in [0.1, 0.15) is 104 Å². The van der Waals surface area contributed by atoms with Crippen molar-refractivity contribution < 1.29 is 0 Å². The van der Waals surface area contributed by atoms with Crippen molar-refractivity contribution >= 4 is 0 Å².